The van der Waals surface area contributed by atoms with Crippen LogP contribution in [0.25, 0.3) is 22.3 Å². The molecule has 326 valence electrons. The molecular weight excluding hydrogens is 788 g/mol. The van der Waals surface area contributed by atoms with Crippen molar-refractivity contribution in [2.24, 2.45) is 0 Å². The van der Waals surface area contributed by atoms with Crippen molar-refractivity contribution >= 4 is 11.0 Å². The Kier molecular flexibility index (Phi) is 13.9. The summed E-state index contributed by atoms with van der Waals surface area (Å²) in [6.07, 6.45) is -22.9. The number of benzene rings is 2. The molecule has 0 bridgehead atoms. The maximum absolute atomic E-state index is 14.7. The van der Waals surface area contributed by atoms with Gasteiger partial charge in [-0.25, -0.2) is 0 Å². The van der Waals surface area contributed by atoms with Gasteiger partial charge in [0.15, 0.2) is 18.2 Å². The van der Waals surface area contributed by atoms with E-state index < -0.39 is 121 Å². The topological polar surface area (TPSA) is 317 Å². The van der Waals surface area contributed by atoms with Crippen LogP contribution in [-0.4, -0.2) is 169 Å². The Morgan fingerprint density at radius 2 is 1.37 bits per heavy atom. The lowest BCUT2D eigenvalue weighted by atomic mass is 9.98. The number of rotatable bonds is 12. The van der Waals surface area contributed by atoms with Crippen molar-refractivity contribution in [2.75, 3.05) is 20.3 Å². The first-order valence-corrected chi connectivity index (χ1v) is 18.8. The highest BCUT2D eigenvalue weighted by molar-refractivity contribution is 5.91. The van der Waals surface area contributed by atoms with Crippen LogP contribution in [0, 0.1) is 0 Å². The Bertz CT molecular complexity index is 2000. The molecule has 2 aromatic carbocycles. The van der Waals surface area contributed by atoms with E-state index in [0.29, 0.717) is 11.3 Å². The zero-order valence-electron chi connectivity index (χ0n) is 32.3. The number of aromatic hydroxyl groups is 1. The predicted molar refractivity (Wildman–Crippen MR) is 199 cm³/mol. The van der Waals surface area contributed by atoms with Gasteiger partial charge in [-0.1, -0.05) is 11.6 Å². The lowest BCUT2D eigenvalue weighted by Crippen LogP contribution is -2.63. The van der Waals surface area contributed by atoms with E-state index in [4.69, 9.17) is 37.6 Å². The van der Waals surface area contributed by atoms with Gasteiger partial charge in [-0.05, 0) is 51.5 Å². The van der Waals surface area contributed by atoms with E-state index >= 15 is 0 Å². The third kappa shape index (κ3) is 8.79. The monoisotopic (exact) mass is 838 g/mol. The Morgan fingerprint density at radius 3 is 2.00 bits per heavy atom. The van der Waals surface area contributed by atoms with Gasteiger partial charge in [0.05, 0.1) is 32.5 Å². The minimum Gasteiger partial charge on any atom is -0.507 e. The van der Waals surface area contributed by atoms with Crippen molar-refractivity contribution in [1.29, 1.82) is 0 Å². The highest BCUT2D eigenvalue weighted by Gasteiger charge is 2.51. The van der Waals surface area contributed by atoms with Crippen LogP contribution >= 0.6 is 0 Å². The Morgan fingerprint density at radius 1 is 0.763 bits per heavy atom. The molecule has 3 aromatic rings. The van der Waals surface area contributed by atoms with Crippen LogP contribution in [0.4, 0.5) is 0 Å². The summed E-state index contributed by atoms with van der Waals surface area (Å²) in [7, 11) is 1.43. The lowest BCUT2D eigenvalue weighted by molar-refractivity contribution is -0.352. The number of allylic oxidation sites excluding steroid dienone is 1. The van der Waals surface area contributed by atoms with Crippen LogP contribution in [0.1, 0.15) is 26.3 Å². The van der Waals surface area contributed by atoms with Gasteiger partial charge in [0.25, 0.3) is 0 Å². The average Bonchev–Trinajstić information content (AvgIpc) is 3.22. The number of phenolic OH excluding ortho intramolecular Hbond substituents is 1. The number of fused-ring (bicyclic) bond motifs is 1. The largest absolute Gasteiger partial charge is 0.507 e. The Hall–Kier alpha value is -3.97. The van der Waals surface area contributed by atoms with Gasteiger partial charge in [0.1, 0.15) is 83.2 Å². The van der Waals surface area contributed by atoms with Crippen molar-refractivity contribution in [3.05, 3.63) is 57.8 Å². The lowest BCUT2D eigenvalue weighted by Gasteiger charge is -2.45. The summed E-state index contributed by atoms with van der Waals surface area (Å²) in [5.74, 6) is -1.44. The number of aliphatic hydroxyl groups is 10. The molecule has 1 aromatic heterocycles. The van der Waals surface area contributed by atoms with Gasteiger partial charge >= 0.3 is 0 Å². The first-order valence-electron chi connectivity index (χ1n) is 18.8. The first kappa shape index (κ1) is 44.6. The van der Waals surface area contributed by atoms with E-state index in [9.17, 15) is 61.0 Å². The van der Waals surface area contributed by atoms with E-state index in [1.165, 1.54) is 33.1 Å². The third-order valence-electron chi connectivity index (χ3n) is 10.6. The van der Waals surface area contributed by atoms with Crippen molar-refractivity contribution in [3.8, 4) is 34.3 Å². The molecule has 6 rings (SSSR count). The van der Waals surface area contributed by atoms with Crippen LogP contribution in [0.5, 0.6) is 23.0 Å². The van der Waals surface area contributed by atoms with Gasteiger partial charge < -0.3 is 93.7 Å². The molecule has 4 heterocycles. The van der Waals surface area contributed by atoms with Crippen molar-refractivity contribution < 1.29 is 93.7 Å². The molecule has 3 saturated heterocycles. The standard InChI is InChI=1S/C39H50O20/c1-14(12-40)5-10-19-21(55-38-32(51)29(48)26(45)22(13-41)56-38)11-20(42)23-27(46)35(33(57-34(19)23)17-6-8-18(52-4)9-7-17)58-39-36(30(49)25(44)16(3)54-39)59-37-31(50)28(47)24(43)15(2)53-37/h5-9,11,15-16,22,24-26,28-32,36-45,47-51H,10,12-13H2,1-4H3/b14-5+/t15-,16-,22+,24-,25-,26+,28+,29-,30+,31+,32+,36+,37-,38+,39-/m0/s1. The molecule has 59 heavy (non-hydrogen) atoms. The van der Waals surface area contributed by atoms with E-state index in [2.05, 4.69) is 0 Å². The summed E-state index contributed by atoms with van der Waals surface area (Å²) in [4.78, 5) is 14.7. The van der Waals surface area contributed by atoms with Crippen LogP contribution in [-0.2, 0) is 25.4 Å². The van der Waals surface area contributed by atoms with E-state index in [0.717, 1.165) is 6.07 Å². The van der Waals surface area contributed by atoms with Crippen LogP contribution in [0.3, 0.4) is 0 Å². The van der Waals surface area contributed by atoms with Gasteiger partial charge in [0.2, 0.25) is 23.8 Å². The molecule has 0 unspecified atom stereocenters. The minimum atomic E-state index is -1.86. The minimum absolute atomic E-state index is 0.0570. The second-order valence-corrected chi connectivity index (χ2v) is 14.7. The molecule has 0 spiro atoms. The van der Waals surface area contributed by atoms with Crippen LogP contribution in [0.2, 0.25) is 0 Å². The summed E-state index contributed by atoms with van der Waals surface area (Å²) in [6.45, 7) is 3.30. The smallest absolute Gasteiger partial charge is 0.239 e. The Labute approximate surface area is 336 Å². The summed E-state index contributed by atoms with van der Waals surface area (Å²) in [5.41, 5.74) is -0.555. The van der Waals surface area contributed by atoms with Crippen molar-refractivity contribution in [1.82, 2.24) is 0 Å². The zero-order valence-corrected chi connectivity index (χ0v) is 32.3. The SMILES string of the molecule is COc1ccc(-c2oc3c(C/C=C(\C)CO)c(O[C@@H]4O[C@H](CO)[C@@H](O)[C@H](O)[C@H]4O)cc(O)c3c(=O)c2O[C@@H]2O[C@@H](C)[C@H](O)[C@@H](O)[C@H]2O[C@@H]2O[C@@H](C)[C@H](O)[C@@H](O)[C@H]2O)cc1. The normalized spacial score (nSPS) is 35.4. The molecule has 0 radical (unpaired) electrons. The number of methoxy groups -OCH3 is 1. The van der Waals surface area contributed by atoms with E-state index in [1.54, 1.807) is 25.1 Å². The van der Waals surface area contributed by atoms with Crippen LogP contribution < -0.4 is 19.6 Å². The van der Waals surface area contributed by atoms with Gasteiger partial charge in [-0.3, -0.25) is 4.79 Å². The van der Waals surface area contributed by atoms with Crippen LogP contribution in [0.15, 0.2) is 51.2 Å². The summed E-state index contributed by atoms with van der Waals surface area (Å²) >= 11 is 0. The molecule has 3 fully saturated rings. The molecular formula is C39H50O20. The summed E-state index contributed by atoms with van der Waals surface area (Å²) in [5, 5.41) is 115. The molecule has 3 aliphatic rings. The molecule has 0 amide bonds. The highest BCUT2D eigenvalue weighted by atomic mass is 16.8. The fourth-order valence-electron chi connectivity index (χ4n) is 6.97. The molecule has 20 nitrogen and oxygen atoms in total. The fraction of sp³-hybridized carbons (Fsp3) is 0.564. The summed E-state index contributed by atoms with van der Waals surface area (Å²) in [6, 6.07) is 7.11. The fourth-order valence-corrected chi connectivity index (χ4v) is 6.97. The van der Waals surface area contributed by atoms with E-state index in [1.807, 2.05) is 0 Å². The molecule has 0 aliphatic carbocycles. The number of hydrogen-bond acceptors (Lipinski definition) is 20. The molecule has 0 saturated carbocycles. The number of phenols is 1. The van der Waals surface area contributed by atoms with E-state index in [-0.39, 0.29) is 41.2 Å². The third-order valence-corrected chi connectivity index (χ3v) is 10.6. The number of ether oxygens (including phenoxy) is 7. The summed E-state index contributed by atoms with van der Waals surface area (Å²) < 4.78 is 46.7. The predicted octanol–water partition coefficient (Wildman–Crippen LogP) is -2.11. The maximum atomic E-state index is 14.7. The van der Waals surface area contributed by atoms with Crippen molar-refractivity contribution in [2.45, 2.75) is 119 Å². The first-order chi connectivity index (χ1) is 28.0. The second-order valence-electron chi connectivity index (χ2n) is 14.7. The average molecular weight is 839 g/mol. The maximum Gasteiger partial charge on any atom is 0.239 e. The number of aliphatic hydroxyl groups excluding tert-OH is 10. The molecule has 20 heteroatoms. The highest BCUT2D eigenvalue weighted by Crippen LogP contribution is 2.42. The van der Waals surface area contributed by atoms with Gasteiger partial charge in [-0.15, -0.1) is 0 Å². The molecule has 15 atom stereocenters. The van der Waals surface area contributed by atoms with Gasteiger partial charge in [0, 0.05) is 17.2 Å². The second kappa shape index (κ2) is 18.3. The molecule has 11 N–H and O–H groups in total. The Balaban J connectivity index is 1.51. The van der Waals surface area contributed by atoms with Crippen molar-refractivity contribution in [3.63, 3.8) is 0 Å². The quantitative estimate of drug-likeness (QED) is 0.0870. The van der Waals surface area contributed by atoms with Gasteiger partial charge in [-0.2, -0.15) is 0 Å². The molecule has 3 aliphatic heterocycles. The number of hydrogen-bond donors (Lipinski definition) is 11. The zero-order chi connectivity index (χ0) is 43.0.